The maximum atomic E-state index is 11.4. The normalized spacial score (nSPS) is 12.0. The molecule has 1 aromatic rings. The Balaban J connectivity index is 2.71. The molecule has 0 amide bonds. The van der Waals surface area contributed by atoms with Crippen molar-refractivity contribution >= 4 is 21.9 Å². The summed E-state index contributed by atoms with van der Waals surface area (Å²) in [5.74, 6) is 0.227. The van der Waals surface area contributed by atoms with Crippen LogP contribution in [-0.2, 0) is 16.1 Å². The van der Waals surface area contributed by atoms with Crippen LogP contribution in [0.2, 0.25) is 0 Å². The van der Waals surface area contributed by atoms with Gasteiger partial charge in [-0.05, 0) is 47.5 Å². The molecule has 1 atom stereocenters. The number of carbonyl (C=O) groups excluding carboxylic acids is 1. The van der Waals surface area contributed by atoms with E-state index in [0.717, 1.165) is 10.0 Å². The largest absolute Gasteiger partial charge is 0.478 e. The molecule has 1 aromatic carbocycles. The maximum absolute atomic E-state index is 11.4. The van der Waals surface area contributed by atoms with E-state index in [-0.39, 0.29) is 5.97 Å². The first-order valence-corrected chi connectivity index (χ1v) is 6.19. The standard InChI is InChI=1S/C12H16BrNO3/c1-3-16-12(15)8(2)17-11-5-4-9(7-14)6-10(11)13/h4-6,8H,3,7,14H2,1-2H3. The highest BCUT2D eigenvalue weighted by Crippen LogP contribution is 2.26. The van der Waals surface area contributed by atoms with Crippen molar-refractivity contribution < 1.29 is 14.3 Å². The van der Waals surface area contributed by atoms with Crippen LogP contribution in [0.25, 0.3) is 0 Å². The molecule has 0 fully saturated rings. The van der Waals surface area contributed by atoms with Gasteiger partial charge >= 0.3 is 5.97 Å². The van der Waals surface area contributed by atoms with Gasteiger partial charge in [0.1, 0.15) is 5.75 Å². The molecule has 0 aliphatic carbocycles. The van der Waals surface area contributed by atoms with Crippen molar-refractivity contribution in [3.63, 3.8) is 0 Å². The van der Waals surface area contributed by atoms with Gasteiger partial charge in [-0.2, -0.15) is 0 Å². The SMILES string of the molecule is CCOC(=O)C(C)Oc1ccc(CN)cc1Br. The fourth-order valence-corrected chi connectivity index (χ4v) is 1.78. The second-order valence-electron chi connectivity index (χ2n) is 3.48. The van der Waals surface area contributed by atoms with Gasteiger partial charge in [-0.15, -0.1) is 0 Å². The number of halogens is 1. The van der Waals surface area contributed by atoms with Crippen molar-refractivity contribution in [2.24, 2.45) is 5.73 Å². The summed E-state index contributed by atoms with van der Waals surface area (Å²) in [4.78, 5) is 11.4. The van der Waals surface area contributed by atoms with Gasteiger partial charge in [0.15, 0.2) is 6.10 Å². The van der Waals surface area contributed by atoms with Crippen LogP contribution in [0.4, 0.5) is 0 Å². The lowest BCUT2D eigenvalue weighted by Gasteiger charge is -2.14. The number of carbonyl (C=O) groups is 1. The van der Waals surface area contributed by atoms with E-state index >= 15 is 0 Å². The van der Waals surface area contributed by atoms with E-state index in [1.807, 2.05) is 12.1 Å². The Kier molecular flexibility index (Phi) is 5.44. The van der Waals surface area contributed by atoms with Crippen LogP contribution in [0.15, 0.2) is 22.7 Å². The zero-order valence-corrected chi connectivity index (χ0v) is 11.5. The summed E-state index contributed by atoms with van der Waals surface area (Å²) >= 11 is 3.37. The van der Waals surface area contributed by atoms with E-state index in [9.17, 15) is 4.79 Å². The van der Waals surface area contributed by atoms with Gasteiger partial charge in [0.05, 0.1) is 11.1 Å². The lowest BCUT2D eigenvalue weighted by molar-refractivity contribution is -0.150. The van der Waals surface area contributed by atoms with Crippen molar-refractivity contribution in [2.75, 3.05) is 6.61 Å². The molecule has 4 nitrogen and oxygen atoms in total. The smallest absolute Gasteiger partial charge is 0.347 e. The molecule has 2 N–H and O–H groups in total. The molecule has 0 saturated heterocycles. The molecule has 0 saturated carbocycles. The average molecular weight is 302 g/mol. The van der Waals surface area contributed by atoms with E-state index in [1.165, 1.54) is 0 Å². The third kappa shape index (κ3) is 4.02. The summed E-state index contributed by atoms with van der Waals surface area (Å²) < 4.78 is 11.1. The van der Waals surface area contributed by atoms with Gasteiger partial charge in [0.25, 0.3) is 0 Å². The van der Waals surface area contributed by atoms with E-state index in [2.05, 4.69) is 15.9 Å². The molecule has 1 rings (SSSR count). The Labute approximate surface area is 109 Å². The number of ether oxygens (including phenoxy) is 2. The highest BCUT2D eigenvalue weighted by Gasteiger charge is 2.16. The van der Waals surface area contributed by atoms with Crippen molar-refractivity contribution in [1.82, 2.24) is 0 Å². The number of hydrogen-bond acceptors (Lipinski definition) is 4. The second kappa shape index (κ2) is 6.61. The van der Waals surface area contributed by atoms with Crippen LogP contribution >= 0.6 is 15.9 Å². The van der Waals surface area contributed by atoms with Crippen LogP contribution in [0.3, 0.4) is 0 Å². The summed E-state index contributed by atoms with van der Waals surface area (Å²) in [6, 6.07) is 5.51. The Bertz CT molecular complexity index is 395. The Morgan fingerprint density at radius 1 is 1.53 bits per heavy atom. The first-order valence-electron chi connectivity index (χ1n) is 5.40. The molecule has 0 radical (unpaired) electrons. The number of hydrogen-bond donors (Lipinski definition) is 1. The Morgan fingerprint density at radius 2 is 2.24 bits per heavy atom. The Hall–Kier alpha value is -1.07. The number of rotatable bonds is 5. The topological polar surface area (TPSA) is 61.5 Å². The summed E-state index contributed by atoms with van der Waals surface area (Å²) in [6.45, 7) is 4.23. The van der Waals surface area contributed by atoms with Crippen molar-refractivity contribution in [2.45, 2.75) is 26.5 Å². The summed E-state index contributed by atoms with van der Waals surface area (Å²) in [5.41, 5.74) is 6.52. The highest BCUT2D eigenvalue weighted by atomic mass is 79.9. The monoisotopic (exact) mass is 301 g/mol. The molecule has 0 aromatic heterocycles. The van der Waals surface area contributed by atoms with Gasteiger partial charge in [-0.25, -0.2) is 4.79 Å². The summed E-state index contributed by atoms with van der Waals surface area (Å²) in [5, 5.41) is 0. The van der Waals surface area contributed by atoms with Gasteiger partial charge in [0.2, 0.25) is 0 Å². The molecule has 5 heteroatoms. The zero-order valence-electron chi connectivity index (χ0n) is 9.90. The lowest BCUT2D eigenvalue weighted by Crippen LogP contribution is -2.26. The number of nitrogens with two attached hydrogens (primary N) is 1. The van der Waals surface area contributed by atoms with Crippen molar-refractivity contribution in [1.29, 1.82) is 0 Å². The highest BCUT2D eigenvalue weighted by molar-refractivity contribution is 9.10. The van der Waals surface area contributed by atoms with Crippen molar-refractivity contribution in [3.05, 3.63) is 28.2 Å². The molecular weight excluding hydrogens is 286 g/mol. The molecule has 1 unspecified atom stereocenters. The van der Waals surface area contributed by atoms with Crippen LogP contribution in [0.1, 0.15) is 19.4 Å². The molecule has 94 valence electrons. The molecule has 0 aliphatic heterocycles. The summed E-state index contributed by atoms with van der Waals surface area (Å²) in [7, 11) is 0. The average Bonchev–Trinajstić information content (AvgIpc) is 2.31. The number of benzene rings is 1. The summed E-state index contributed by atoms with van der Waals surface area (Å²) in [6.07, 6.45) is -0.630. The molecular formula is C12H16BrNO3. The third-order valence-electron chi connectivity index (χ3n) is 2.15. The fourth-order valence-electron chi connectivity index (χ4n) is 1.27. The van der Waals surface area contributed by atoms with Gasteiger partial charge in [-0.1, -0.05) is 6.07 Å². The molecule has 0 heterocycles. The van der Waals surface area contributed by atoms with E-state index in [0.29, 0.717) is 18.9 Å². The zero-order chi connectivity index (χ0) is 12.8. The maximum Gasteiger partial charge on any atom is 0.347 e. The van der Waals surface area contributed by atoms with Crippen LogP contribution in [0.5, 0.6) is 5.75 Å². The van der Waals surface area contributed by atoms with E-state index in [1.54, 1.807) is 19.9 Å². The first-order chi connectivity index (χ1) is 8.08. The van der Waals surface area contributed by atoms with Gasteiger partial charge in [-0.3, -0.25) is 0 Å². The van der Waals surface area contributed by atoms with Crippen LogP contribution in [0, 0.1) is 0 Å². The second-order valence-corrected chi connectivity index (χ2v) is 4.34. The van der Waals surface area contributed by atoms with Gasteiger partial charge in [0, 0.05) is 6.54 Å². The quantitative estimate of drug-likeness (QED) is 0.847. The minimum Gasteiger partial charge on any atom is -0.478 e. The number of esters is 1. The minimum absolute atomic E-state index is 0.347. The van der Waals surface area contributed by atoms with E-state index < -0.39 is 6.10 Å². The Morgan fingerprint density at radius 3 is 2.76 bits per heavy atom. The van der Waals surface area contributed by atoms with Crippen LogP contribution < -0.4 is 10.5 Å². The van der Waals surface area contributed by atoms with E-state index in [4.69, 9.17) is 15.2 Å². The van der Waals surface area contributed by atoms with Gasteiger partial charge < -0.3 is 15.2 Å². The van der Waals surface area contributed by atoms with Crippen LogP contribution in [-0.4, -0.2) is 18.7 Å². The molecule has 0 aliphatic rings. The first kappa shape index (κ1) is 14.0. The molecule has 0 spiro atoms. The van der Waals surface area contributed by atoms with Crippen molar-refractivity contribution in [3.8, 4) is 5.75 Å². The lowest BCUT2D eigenvalue weighted by atomic mass is 10.2. The fraction of sp³-hybridized carbons (Fsp3) is 0.417. The molecule has 0 bridgehead atoms. The molecule has 17 heavy (non-hydrogen) atoms. The minimum atomic E-state index is -0.630. The predicted octanol–water partition coefficient (Wildman–Crippen LogP) is 2.24. The third-order valence-corrected chi connectivity index (χ3v) is 2.77. The predicted molar refractivity (Wildman–Crippen MR) is 68.8 cm³/mol.